The first kappa shape index (κ1) is 8.61. The molecule has 0 saturated carbocycles. The summed E-state index contributed by atoms with van der Waals surface area (Å²) in [5.74, 6) is -4.32. The number of carboxylic acids is 1. The van der Waals surface area contributed by atoms with E-state index in [1.54, 1.807) is 0 Å². The lowest BCUT2D eigenvalue weighted by atomic mass is 10.1. The van der Waals surface area contributed by atoms with Crippen molar-refractivity contribution < 1.29 is 23.2 Å². The Hall–Kier alpha value is -1.98. The summed E-state index contributed by atoms with van der Waals surface area (Å²) in [5, 5.41) is 11.9. The quantitative estimate of drug-likeness (QED) is 0.760. The first-order valence-electron chi connectivity index (χ1n) is 3.57. The number of aromatic nitrogens is 1. The largest absolute Gasteiger partial charge is 0.478 e. The van der Waals surface area contributed by atoms with Crippen LogP contribution >= 0.6 is 0 Å². The predicted molar refractivity (Wildman–Crippen MR) is 40.9 cm³/mol. The van der Waals surface area contributed by atoms with Gasteiger partial charge in [-0.3, -0.25) is 0 Å². The van der Waals surface area contributed by atoms with E-state index in [0.29, 0.717) is 0 Å². The molecule has 1 heterocycles. The molecule has 1 N–H and O–H groups in total. The van der Waals surface area contributed by atoms with Crippen molar-refractivity contribution in [1.82, 2.24) is 5.16 Å². The zero-order valence-electron chi connectivity index (χ0n) is 6.62. The summed E-state index contributed by atoms with van der Waals surface area (Å²) in [6, 6.07) is 0.965. The molecule has 0 saturated heterocycles. The highest BCUT2D eigenvalue weighted by Gasteiger charge is 2.20. The Kier molecular flexibility index (Phi) is 1.70. The van der Waals surface area contributed by atoms with Crippen molar-refractivity contribution >= 4 is 16.9 Å². The standard InChI is InChI=1S/C8H3F2NO3/c9-5-4(8(12)13)1-3-2-11-14-7(3)6(5)10/h1-2H,(H,12,13). The third kappa shape index (κ3) is 1.04. The molecule has 0 fully saturated rings. The molecule has 2 rings (SSSR count). The summed E-state index contributed by atoms with van der Waals surface area (Å²) >= 11 is 0. The molecular weight excluding hydrogens is 196 g/mol. The van der Waals surface area contributed by atoms with Crippen molar-refractivity contribution in [2.75, 3.05) is 0 Å². The summed E-state index contributed by atoms with van der Waals surface area (Å²) in [7, 11) is 0. The van der Waals surface area contributed by atoms with Crippen LogP contribution in [0.25, 0.3) is 11.0 Å². The van der Waals surface area contributed by atoms with Crippen LogP contribution in [0.2, 0.25) is 0 Å². The van der Waals surface area contributed by atoms with Gasteiger partial charge >= 0.3 is 5.97 Å². The first-order chi connectivity index (χ1) is 6.61. The number of halogens is 2. The third-order valence-corrected chi connectivity index (χ3v) is 1.76. The van der Waals surface area contributed by atoms with Crippen LogP contribution in [0.1, 0.15) is 10.4 Å². The maximum absolute atomic E-state index is 13.1. The van der Waals surface area contributed by atoms with E-state index in [-0.39, 0.29) is 11.0 Å². The molecule has 0 aliphatic carbocycles. The van der Waals surface area contributed by atoms with E-state index in [2.05, 4.69) is 9.68 Å². The number of fused-ring (bicyclic) bond motifs is 1. The SMILES string of the molecule is O=C(O)c1cc2cnoc2c(F)c1F. The van der Waals surface area contributed by atoms with Crippen LogP contribution in [0, 0.1) is 11.6 Å². The third-order valence-electron chi connectivity index (χ3n) is 1.76. The van der Waals surface area contributed by atoms with Gasteiger partial charge in [0.1, 0.15) is 0 Å². The van der Waals surface area contributed by atoms with Gasteiger partial charge in [-0.15, -0.1) is 0 Å². The molecule has 0 unspecified atom stereocenters. The molecular formula is C8H3F2NO3. The van der Waals surface area contributed by atoms with Crippen molar-refractivity contribution in [2.45, 2.75) is 0 Å². The lowest BCUT2D eigenvalue weighted by Gasteiger charge is -1.97. The fraction of sp³-hybridized carbons (Fsp3) is 0. The summed E-state index contributed by atoms with van der Waals surface area (Å²) < 4.78 is 30.5. The zero-order valence-corrected chi connectivity index (χ0v) is 6.62. The molecule has 1 aromatic heterocycles. The molecule has 6 heteroatoms. The van der Waals surface area contributed by atoms with Crippen molar-refractivity contribution in [3.63, 3.8) is 0 Å². The first-order valence-corrected chi connectivity index (χ1v) is 3.57. The molecule has 0 aliphatic heterocycles. The van der Waals surface area contributed by atoms with Gasteiger partial charge in [-0.2, -0.15) is 4.39 Å². The van der Waals surface area contributed by atoms with Gasteiger partial charge in [0.25, 0.3) is 0 Å². The van der Waals surface area contributed by atoms with E-state index in [4.69, 9.17) is 5.11 Å². The molecule has 0 spiro atoms. The minimum absolute atomic E-state index is 0.112. The number of hydrogen-bond donors (Lipinski definition) is 1. The molecule has 2 aromatic rings. The predicted octanol–water partition coefficient (Wildman–Crippen LogP) is 1.80. The molecule has 0 aliphatic rings. The molecule has 4 nitrogen and oxygen atoms in total. The van der Waals surface area contributed by atoms with Gasteiger partial charge in [0.15, 0.2) is 5.82 Å². The number of carbonyl (C=O) groups is 1. The van der Waals surface area contributed by atoms with Crippen molar-refractivity contribution in [3.05, 3.63) is 29.5 Å². The van der Waals surface area contributed by atoms with Gasteiger partial charge < -0.3 is 9.63 Å². The number of carboxylic acid groups (broad SMARTS) is 1. The Morgan fingerprint density at radius 2 is 2.14 bits per heavy atom. The Morgan fingerprint density at radius 1 is 1.43 bits per heavy atom. The lowest BCUT2D eigenvalue weighted by molar-refractivity contribution is 0.0691. The second kappa shape index (κ2) is 2.76. The van der Waals surface area contributed by atoms with Gasteiger partial charge in [0, 0.05) is 5.39 Å². The molecule has 0 amide bonds. The summed E-state index contributed by atoms with van der Waals surface area (Å²) in [4.78, 5) is 10.5. The number of aromatic carboxylic acids is 1. The van der Waals surface area contributed by atoms with Crippen molar-refractivity contribution in [3.8, 4) is 0 Å². The van der Waals surface area contributed by atoms with Crippen LogP contribution in [0.4, 0.5) is 8.78 Å². The fourth-order valence-electron chi connectivity index (χ4n) is 1.11. The summed E-state index contributed by atoms with van der Waals surface area (Å²) in [6.45, 7) is 0. The summed E-state index contributed by atoms with van der Waals surface area (Å²) in [5.41, 5.74) is -1.12. The Bertz CT molecular complexity index is 521. The highest BCUT2D eigenvalue weighted by atomic mass is 19.2. The van der Waals surface area contributed by atoms with Gasteiger partial charge in [0.05, 0.1) is 11.8 Å². The van der Waals surface area contributed by atoms with Gasteiger partial charge in [-0.1, -0.05) is 5.16 Å². The number of hydrogen-bond acceptors (Lipinski definition) is 3. The average Bonchev–Trinajstić information content (AvgIpc) is 2.58. The highest BCUT2D eigenvalue weighted by Crippen LogP contribution is 2.23. The van der Waals surface area contributed by atoms with Crippen LogP contribution in [0.5, 0.6) is 0 Å². The monoisotopic (exact) mass is 199 g/mol. The zero-order chi connectivity index (χ0) is 10.3. The average molecular weight is 199 g/mol. The van der Waals surface area contributed by atoms with Gasteiger partial charge in [0.2, 0.25) is 11.4 Å². The Labute approximate surface area is 75.7 Å². The minimum Gasteiger partial charge on any atom is -0.478 e. The molecule has 1 aromatic carbocycles. The molecule has 14 heavy (non-hydrogen) atoms. The number of benzene rings is 1. The van der Waals surface area contributed by atoms with Gasteiger partial charge in [-0.05, 0) is 6.07 Å². The van der Waals surface area contributed by atoms with Crippen LogP contribution in [0.15, 0.2) is 16.8 Å². The Balaban J connectivity index is 2.87. The lowest BCUT2D eigenvalue weighted by Crippen LogP contribution is -2.02. The van der Waals surface area contributed by atoms with E-state index in [1.807, 2.05) is 0 Å². The van der Waals surface area contributed by atoms with Crippen molar-refractivity contribution in [2.24, 2.45) is 0 Å². The molecule has 0 atom stereocenters. The molecule has 0 radical (unpaired) electrons. The maximum atomic E-state index is 13.1. The highest BCUT2D eigenvalue weighted by molar-refractivity contribution is 5.93. The normalized spacial score (nSPS) is 10.7. The van der Waals surface area contributed by atoms with E-state index in [9.17, 15) is 13.6 Å². The number of rotatable bonds is 1. The van der Waals surface area contributed by atoms with Crippen LogP contribution in [0.3, 0.4) is 0 Å². The van der Waals surface area contributed by atoms with Crippen LogP contribution in [-0.4, -0.2) is 16.2 Å². The second-order valence-electron chi connectivity index (χ2n) is 2.60. The van der Waals surface area contributed by atoms with E-state index in [1.165, 1.54) is 0 Å². The smallest absolute Gasteiger partial charge is 0.338 e. The Morgan fingerprint density at radius 3 is 2.79 bits per heavy atom. The number of nitrogens with zero attached hydrogens (tertiary/aromatic N) is 1. The van der Waals surface area contributed by atoms with E-state index in [0.717, 1.165) is 12.3 Å². The second-order valence-corrected chi connectivity index (χ2v) is 2.60. The minimum atomic E-state index is -1.54. The molecule has 72 valence electrons. The fourth-order valence-corrected chi connectivity index (χ4v) is 1.11. The van der Waals surface area contributed by atoms with Crippen LogP contribution < -0.4 is 0 Å². The molecule has 0 bridgehead atoms. The van der Waals surface area contributed by atoms with E-state index >= 15 is 0 Å². The van der Waals surface area contributed by atoms with Crippen LogP contribution in [-0.2, 0) is 0 Å². The maximum Gasteiger partial charge on any atom is 0.338 e. The topological polar surface area (TPSA) is 63.3 Å². The summed E-state index contributed by atoms with van der Waals surface area (Å²) in [6.07, 6.45) is 1.12. The van der Waals surface area contributed by atoms with Gasteiger partial charge in [-0.25, -0.2) is 9.18 Å². The van der Waals surface area contributed by atoms with E-state index < -0.39 is 23.2 Å². The van der Waals surface area contributed by atoms with Crippen molar-refractivity contribution in [1.29, 1.82) is 0 Å².